The Hall–Kier alpha value is -3.37. The van der Waals surface area contributed by atoms with Gasteiger partial charge < -0.3 is 31.1 Å². The lowest BCUT2D eigenvalue weighted by Gasteiger charge is -2.37. The Morgan fingerprint density at radius 2 is 2.03 bits per heavy atom. The molecule has 5 N–H and O–H groups in total. The van der Waals surface area contributed by atoms with Gasteiger partial charge in [-0.1, -0.05) is 26.0 Å². The monoisotopic (exact) mass is 537 g/mol. The number of aliphatic hydroxyl groups is 1. The van der Waals surface area contributed by atoms with E-state index in [4.69, 9.17) is 15.5 Å². The van der Waals surface area contributed by atoms with E-state index in [0.717, 1.165) is 34.0 Å². The van der Waals surface area contributed by atoms with Crippen LogP contribution in [0, 0.1) is 5.92 Å². The van der Waals surface area contributed by atoms with E-state index in [1.54, 1.807) is 4.90 Å². The van der Waals surface area contributed by atoms with Gasteiger partial charge in [0, 0.05) is 48.9 Å². The molecule has 3 atom stereocenters. The number of hydrogen-bond donors (Lipinski definition) is 4. The van der Waals surface area contributed by atoms with E-state index in [0.29, 0.717) is 26.1 Å². The lowest BCUT2D eigenvalue weighted by atomic mass is 9.93. The summed E-state index contributed by atoms with van der Waals surface area (Å²) in [5, 5.41) is 22.5. The van der Waals surface area contributed by atoms with Crippen molar-refractivity contribution in [1.82, 2.24) is 24.8 Å². The molecular weight excluding hydrogens is 494 g/mol. The number of amides is 1. The van der Waals surface area contributed by atoms with Crippen LogP contribution < -0.4 is 16.4 Å². The smallest absolute Gasteiger partial charge is 0.410 e. The summed E-state index contributed by atoms with van der Waals surface area (Å²) >= 11 is 0. The van der Waals surface area contributed by atoms with Gasteiger partial charge in [-0.2, -0.15) is 9.61 Å². The first kappa shape index (κ1) is 28.6. The molecule has 0 radical (unpaired) electrons. The summed E-state index contributed by atoms with van der Waals surface area (Å²) in [7, 11) is 0. The number of benzene rings is 1. The second-order valence-electron chi connectivity index (χ2n) is 11.8. The molecule has 1 aromatic carbocycles. The minimum atomic E-state index is -0.626. The first-order valence-corrected chi connectivity index (χ1v) is 13.8. The number of nitrogens with zero attached hydrogens (tertiary/aromatic N) is 4. The molecule has 2 aromatic heterocycles. The van der Waals surface area contributed by atoms with Crippen molar-refractivity contribution in [3.63, 3.8) is 0 Å². The van der Waals surface area contributed by atoms with E-state index >= 15 is 0 Å². The van der Waals surface area contributed by atoms with Crippen LogP contribution in [0.4, 0.5) is 16.3 Å². The molecule has 10 heteroatoms. The molecule has 1 amide bonds. The normalized spacial score (nSPS) is 18.9. The first-order valence-electron chi connectivity index (χ1n) is 13.8. The summed E-state index contributed by atoms with van der Waals surface area (Å²) in [4.78, 5) is 19.0. The second kappa shape index (κ2) is 11.8. The Morgan fingerprint density at radius 3 is 2.69 bits per heavy atom. The van der Waals surface area contributed by atoms with E-state index in [9.17, 15) is 9.90 Å². The van der Waals surface area contributed by atoms with Gasteiger partial charge >= 0.3 is 6.09 Å². The number of nitrogens with two attached hydrogens (primary N) is 1. The Labute approximate surface area is 230 Å². The van der Waals surface area contributed by atoms with Crippen molar-refractivity contribution in [2.24, 2.45) is 5.92 Å². The average Bonchev–Trinajstić information content (AvgIpc) is 3.30. The Balaban J connectivity index is 1.45. The molecule has 0 spiro atoms. The third-order valence-electron chi connectivity index (χ3n) is 7.07. The molecule has 4 rings (SSSR count). The number of likely N-dealkylation sites (tertiary alicyclic amines) is 1. The molecule has 39 heavy (non-hydrogen) atoms. The van der Waals surface area contributed by atoms with Crippen molar-refractivity contribution >= 4 is 23.2 Å². The first-order chi connectivity index (χ1) is 18.4. The van der Waals surface area contributed by atoms with Gasteiger partial charge in [0.25, 0.3) is 0 Å². The maximum absolute atomic E-state index is 12.4. The second-order valence-corrected chi connectivity index (χ2v) is 11.8. The fourth-order valence-corrected chi connectivity index (χ4v) is 4.79. The zero-order valence-corrected chi connectivity index (χ0v) is 23.9. The number of aromatic nitrogens is 3. The molecule has 1 aliphatic rings. The molecule has 1 fully saturated rings. The molecule has 1 unspecified atom stereocenters. The SMILES string of the molecule is CC(C)c1cnn2c(NCc3cccc(N)c3)cc(C(C)NC[C@H]3CCN(C(=O)OC(C)(C)C)C[C@@H]3O)nc12. The van der Waals surface area contributed by atoms with E-state index in [2.05, 4.69) is 36.5 Å². The molecule has 3 heterocycles. The van der Waals surface area contributed by atoms with Crippen LogP contribution in [0.2, 0.25) is 0 Å². The van der Waals surface area contributed by atoms with Crippen molar-refractivity contribution in [3.05, 3.63) is 53.3 Å². The predicted octanol–water partition coefficient (Wildman–Crippen LogP) is 4.32. The molecule has 1 saturated heterocycles. The van der Waals surface area contributed by atoms with E-state index in [-0.39, 0.29) is 30.5 Å². The van der Waals surface area contributed by atoms with Crippen LogP contribution in [0.15, 0.2) is 36.5 Å². The summed E-state index contributed by atoms with van der Waals surface area (Å²) in [6.07, 6.45) is 1.58. The fourth-order valence-electron chi connectivity index (χ4n) is 4.79. The van der Waals surface area contributed by atoms with Crippen molar-refractivity contribution < 1.29 is 14.6 Å². The maximum Gasteiger partial charge on any atom is 0.410 e. The van der Waals surface area contributed by atoms with E-state index in [1.165, 1.54) is 0 Å². The quantitative estimate of drug-likeness (QED) is 0.313. The Morgan fingerprint density at radius 1 is 1.26 bits per heavy atom. The lowest BCUT2D eigenvalue weighted by Crippen LogP contribution is -2.50. The molecule has 0 saturated carbocycles. The van der Waals surface area contributed by atoms with Gasteiger partial charge in [-0.3, -0.25) is 0 Å². The number of anilines is 2. The number of nitrogens with one attached hydrogen (secondary N) is 2. The maximum atomic E-state index is 12.4. The van der Waals surface area contributed by atoms with Gasteiger partial charge in [-0.25, -0.2) is 9.78 Å². The zero-order valence-electron chi connectivity index (χ0n) is 23.9. The standard InChI is InChI=1S/C29H43N7O3/c1-18(2)23-16-33-36-26(32-14-20-8-7-9-22(30)12-20)13-24(34-27(23)36)19(3)31-15-21-10-11-35(17-25(21)37)28(38)39-29(4,5)6/h7-9,12-13,16,18-19,21,25,31-32,37H,10-11,14-15,17,30H2,1-6H3/t19?,21-,25+/m1/s1. The van der Waals surface area contributed by atoms with E-state index in [1.807, 2.05) is 61.8 Å². The highest BCUT2D eigenvalue weighted by atomic mass is 16.6. The number of piperidine rings is 1. The van der Waals surface area contributed by atoms with Crippen LogP contribution in [-0.4, -0.2) is 62.0 Å². The Kier molecular flexibility index (Phi) is 8.66. The van der Waals surface area contributed by atoms with Gasteiger partial charge in [0.2, 0.25) is 0 Å². The number of hydrogen-bond acceptors (Lipinski definition) is 8. The number of ether oxygens (including phenoxy) is 1. The highest BCUT2D eigenvalue weighted by Crippen LogP contribution is 2.26. The highest BCUT2D eigenvalue weighted by molar-refractivity contribution is 5.68. The summed E-state index contributed by atoms with van der Waals surface area (Å²) in [5.74, 6) is 1.15. The third-order valence-corrected chi connectivity index (χ3v) is 7.07. The fraction of sp³-hybridized carbons (Fsp3) is 0.552. The van der Waals surface area contributed by atoms with Gasteiger partial charge in [-0.05, 0) is 57.7 Å². The number of fused-ring (bicyclic) bond motifs is 1. The number of carbonyl (C=O) groups excluding carboxylic acids is 1. The van der Waals surface area contributed by atoms with Crippen LogP contribution in [0.3, 0.4) is 0 Å². The molecule has 3 aromatic rings. The van der Waals surface area contributed by atoms with Gasteiger partial charge in [0.15, 0.2) is 5.65 Å². The van der Waals surface area contributed by atoms with E-state index < -0.39 is 11.7 Å². The van der Waals surface area contributed by atoms with Gasteiger partial charge in [-0.15, -0.1) is 0 Å². The average molecular weight is 538 g/mol. The molecule has 212 valence electrons. The number of nitrogen functional groups attached to an aromatic ring is 1. The third kappa shape index (κ3) is 7.19. The van der Waals surface area contributed by atoms with Crippen LogP contribution in [0.25, 0.3) is 5.65 Å². The summed E-state index contributed by atoms with van der Waals surface area (Å²) in [5.41, 5.74) is 10.0. The highest BCUT2D eigenvalue weighted by Gasteiger charge is 2.32. The number of aliphatic hydroxyl groups excluding tert-OH is 1. The van der Waals surface area contributed by atoms with Crippen molar-refractivity contribution in [3.8, 4) is 0 Å². The van der Waals surface area contributed by atoms with Crippen LogP contribution in [-0.2, 0) is 11.3 Å². The van der Waals surface area contributed by atoms with Crippen LogP contribution >= 0.6 is 0 Å². The number of carbonyl (C=O) groups is 1. The molecule has 10 nitrogen and oxygen atoms in total. The lowest BCUT2D eigenvalue weighted by molar-refractivity contribution is -0.0127. The molecular formula is C29H43N7O3. The Bertz CT molecular complexity index is 1280. The zero-order chi connectivity index (χ0) is 28.3. The predicted molar refractivity (Wildman–Crippen MR) is 154 cm³/mol. The number of rotatable bonds is 8. The largest absolute Gasteiger partial charge is 0.444 e. The van der Waals surface area contributed by atoms with Crippen molar-refractivity contribution in [1.29, 1.82) is 0 Å². The summed E-state index contributed by atoms with van der Waals surface area (Å²) in [6, 6.07) is 9.78. The molecule has 0 aliphatic carbocycles. The summed E-state index contributed by atoms with van der Waals surface area (Å²) < 4.78 is 7.32. The van der Waals surface area contributed by atoms with Crippen LogP contribution in [0.1, 0.15) is 76.7 Å². The van der Waals surface area contributed by atoms with Gasteiger partial charge in [0.05, 0.1) is 24.5 Å². The minimum absolute atomic E-state index is 0.0252. The molecule has 1 aliphatic heterocycles. The topological polar surface area (TPSA) is 130 Å². The van der Waals surface area contributed by atoms with Gasteiger partial charge in [0.1, 0.15) is 11.4 Å². The minimum Gasteiger partial charge on any atom is -0.444 e. The van der Waals surface area contributed by atoms with Crippen molar-refractivity contribution in [2.45, 2.75) is 78.2 Å². The molecule has 0 bridgehead atoms. The summed E-state index contributed by atoms with van der Waals surface area (Å²) in [6.45, 7) is 13.9. The van der Waals surface area contributed by atoms with Crippen LogP contribution in [0.5, 0.6) is 0 Å². The van der Waals surface area contributed by atoms with Crippen molar-refractivity contribution in [2.75, 3.05) is 30.7 Å². The number of β-amino-alcohol motifs (C(OH)–C–C–N with tert-alkyl or cyclic N) is 1.